The van der Waals surface area contributed by atoms with Gasteiger partial charge in [-0.2, -0.15) is 0 Å². The van der Waals surface area contributed by atoms with Gasteiger partial charge in [-0.1, -0.05) is 29.8 Å². The van der Waals surface area contributed by atoms with Crippen LogP contribution in [0.15, 0.2) is 28.9 Å². The molecule has 0 saturated carbocycles. The van der Waals surface area contributed by atoms with Crippen LogP contribution < -0.4 is 16.4 Å². The molecule has 0 unspecified atom stereocenters. The minimum atomic E-state index is -0.388. The highest BCUT2D eigenvalue weighted by molar-refractivity contribution is 5.95. The number of nitrogen functional groups attached to an aromatic ring is 1. The Morgan fingerprint density at radius 3 is 2.57 bits per heavy atom. The fourth-order valence-electron chi connectivity index (χ4n) is 1.64. The van der Waals surface area contributed by atoms with Crippen LogP contribution in [0.4, 0.5) is 5.82 Å². The van der Waals surface area contributed by atoms with Crippen molar-refractivity contribution in [1.82, 2.24) is 20.9 Å². The van der Waals surface area contributed by atoms with E-state index >= 15 is 0 Å². The molecule has 8 heteroatoms. The molecular weight excluding hydrogens is 294 g/mol. The number of nitrogens with one attached hydrogen (secondary N) is 2. The summed E-state index contributed by atoms with van der Waals surface area (Å²) in [5, 5.41) is 12.7. The second-order valence-electron chi connectivity index (χ2n) is 4.42. The summed E-state index contributed by atoms with van der Waals surface area (Å²) in [5.74, 6) is -0.393. The SMILES string of the molecule is Cc1ccc(CNCCNC(=O)c2nonc2N)cc1.Cl. The topological polar surface area (TPSA) is 106 Å². The maximum absolute atomic E-state index is 11.6. The number of anilines is 1. The molecule has 0 aliphatic carbocycles. The zero-order chi connectivity index (χ0) is 14.4. The van der Waals surface area contributed by atoms with Crippen molar-refractivity contribution in [1.29, 1.82) is 0 Å². The maximum Gasteiger partial charge on any atom is 0.277 e. The number of aromatic nitrogens is 2. The summed E-state index contributed by atoms with van der Waals surface area (Å²) in [7, 11) is 0. The molecule has 0 atom stereocenters. The molecule has 7 nitrogen and oxygen atoms in total. The Labute approximate surface area is 128 Å². The monoisotopic (exact) mass is 311 g/mol. The van der Waals surface area contributed by atoms with Crippen molar-refractivity contribution in [2.24, 2.45) is 0 Å². The molecule has 0 bridgehead atoms. The van der Waals surface area contributed by atoms with Crippen molar-refractivity contribution < 1.29 is 9.42 Å². The van der Waals surface area contributed by atoms with Gasteiger partial charge in [0.1, 0.15) is 0 Å². The highest BCUT2D eigenvalue weighted by atomic mass is 35.5. The highest BCUT2D eigenvalue weighted by Crippen LogP contribution is 2.03. The van der Waals surface area contributed by atoms with Gasteiger partial charge in [0, 0.05) is 19.6 Å². The Balaban J connectivity index is 0.00000220. The van der Waals surface area contributed by atoms with Gasteiger partial charge in [-0.25, -0.2) is 4.63 Å². The summed E-state index contributed by atoms with van der Waals surface area (Å²) in [6.07, 6.45) is 0. The fraction of sp³-hybridized carbons (Fsp3) is 0.308. The number of halogens is 1. The third kappa shape index (κ3) is 5.05. The second kappa shape index (κ2) is 8.23. The lowest BCUT2D eigenvalue weighted by molar-refractivity contribution is 0.0944. The number of rotatable bonds is 6. The normalized spacial score (nSPS) is 9.95. The lowest BCUT2D eigenvalue weighted by atomic mass is 10.1. The van der Waals surface area contributed by atoms with E-state index in [4.69, 9.17) is 5.73 Å². The van der Waals surface area contributed by atoms with Crippen LogP contribution in [0.1, 0.15) is 21.6 Å². The first-order valence-corrected chi connectivity index (χ1v) is 6.29. The Morgan fingerprint density at radius 2 is 1.95 bits per heavy atom. The third-order valence-electron chi connectivity index (χ3n) is 2.77. The number of amides is 1. The van der Waals surface area contributed by atoms with Gasteiger partial charge in [-0.3, -0.25) is 4.79 Å². The van der Waals surface area contributed by atoms with Gasteiger partial charge >= 0.3 is 0 Å². The van der Waals surface area contributed by atoms with E-state index in [0.29, 0.717) is 13.1 Å². The molecule has 0 fully saturated rings. The molecule has 2 aromatic rings. The van der Waals surface area contributed by atoms with Crippen LogP contribution in [0.25, 0.3) is 0 Å². The van der Waals surface area contributed by atoms with Gasteiger partial charge in [0.15, 0.2) is 0 Å². The third-order valence-corrected chi connectivity index (χ3v) is 2.77. The number of hydrogen-bond acceptors (Lipinski definition) is 6. The molecule has 4 N–H and O–H groups in total. The van der Waals surface area contributed by atoms with Crippen molar-refractivity contribution in [2.45, 2.75) is 13.5 Å². The number of carbonyl (C=O) groups is 1. The minimum Gasteiger partial charge on any atom is -0.379 e. The van der Waals surface area contributed by atoms with Crippen LogP contribution in [0.2, 0.25) is 0 Å². The Morgan fingerprint density at radius 1 is 1.24 bits per heavy atom. The first kappa shape index (κ1) is 16.9. The Hall–Kier alpha value is -2.12. The number of hydrogen-bond donors (Lipinski definition) is 3. The Kier molecular flexibility index (Phi) is 6.64. The van der Waals surface area contributed by atoms with Crippen LogP contribution >= 0.6 is 12.4 Å². The first-order chi connectivity index (χ1) is 9.66. The smallest absolute Gasteiger partial charge is 0.277 e. The average molecular weight is 312 g/mol. The molecule has 0 saturated heterocycles. The molecule has 1 heterocycles. The molecule has 2 rings (SSSR count). The van der Waals surface area contributed by atoms with E-state index in [1.54, 1.807) is 0 Å². The van der Waals surface area contributed by atoms with Crippen LogP contribution in [0, 0.1) is 6.92 Å². The Bertz CT molecular complexity index is 570. The number of aryl methyl sites for hydroxylation is 1. The lowest BCUT2D eigenvalue weighted by Gasteiger charge is -2.06. The van der Waals surface area contributed by atoms with Crippen LogP contribution in [-0.4, -0.2) is 29.3 Å². The van der Waals surface area contributed by atoms with Gasteiger partial charge < -0.3 is 16.4 Å². The summed E-state index contributed by atoms with van der Waals surface area (Å²) in [4.78, 5) is 11.6. The largest absolute Gasteiger partial charge is 0.379 e. The summed E-state index contributed by atoms with van der Waals surface area (Å²) < 4.78 is 4.36. The summed E-state index contributed by atoms with van der Waals surface area (Å²) in [6, 6.07) is 8.28. The highest BCUT2D eigenvalue weighted by Gasteiger charge is 2.14. The zero-order valence-electron chi connectivity index (χ0n) is 11.6. The average Bonchev–Trinajstić information content (AvgIpc) is 2.86. The lowest BCUT2D eigenvalue weighted by Crippen LogP contribution is -2.32. The number of carbonyl (C=O) groups excluding carboxylic acids is 1. The standard InChI is InChI=1S/C13H17N5O2.ClH/c1-9-2-4-10(5-3-9)8-15-6-7-16-13(19)11-12(14)18-20-17-11;/h2-5,15H,6-8H2,1H3,(H2,14,18)(H,16,19);1H. The molecule has 1 aromatic heterocycles. The molecule has 21 heavy (non-hydrogen) atoms. The quantitative estimate of drug-likeness (QED) is 0.684. The molecule has 114 valence electrons. The van der Waals surface area contributed by atoms with E-state index in [1.165, 1.54) is 11.1 Å². The van der Waals surface area contributed by atoms with Gasteiger partial charge in [-0.05, 0) is 22.8 Å². The van der Waals surface area contributed by atoms with Crippen LogP contribution in [0.5, 0.6) is 0 Å². The van der Waals surface area contributed by atoms with Crippen molar-refractivity contribution in [3.63, 3.8) is 0 Å². The molecule has 1 amide bonds. The number of nitrogens with zero attached hydrogens (tertiary/aromatic N) is 2. The first-order valence-electron chi connectivity index (χ1n) is 6.29. The molecule has 1 aromatic carbocycles. The van der Waals surface area contributed by atoms with Gasteiger partial charge in [0.05, 0.1) is 0 Å². The van der Waals surface area contributed by atoms with Crippen LogP contribution in [-0.2, 0) is 6.54 Å². The number of benzene rings is 1. The molecule has 0 spiro atoms. The zero-order valence-corrected chi connectivity index (χ0v) is 12.4. The summed E-state index contributed by atoms with van der Waals surface area (Å²) in [6.45, 7) is 3.92. The van der Waals surface area contributed by atoms with E-state index < -0.39 is 0 Å². The number of nitrogens with two attached hydrogens (primary N) is 1. The minimum absolute atomic E-state index is 0. The molecule has 0 radical (unpaired) electrons. The predicted octanol–water partition coefficient (Wildman–Crippen LogP) is 0.902. The van der Waals surface area contributed by atoms with Crippen molar-refractivity contribution in [3.8, 4) is 0 Å². The van der Waals surface area contributed by atoms with Crippen molar-refractivity contribution >= 4 is 24.1 Å². The van der Waals surface area contributed by atoms with E-state index in [-0.39, 0.29) is 29.8 Å². The predicted molar refractivity (Wildman–Crippen MR) is 81.2 cm³/mol. The molecule has 0 aliphatic rings. The van der Waals surface area contributed by atoms with E-state index in [2.05, 4.69) is 56.8 Å². The van der Waals surface area contributed by atoms with Gasteiger partial charge in [0.25, 0.3) is 5.91 Å². The van der Waals surface area contributed by atoms with Crippen LogP contribution in [0.3, 0.4) is 0 Å². The van der Waals surface area contributed by atoms with E-state index in [0.717, 1.165) is 6.54 Å². The molecule has 0 aliphatic heterocycles. The van der Waals surface area contributed by atoms with Gasteiger partial charge in [-0.15, -0.1) is 12.4 Å². The molecular formula is C13H18ClN5O2. The summed E-state index contributed by atoms with van der Waals surface area (Å²) in [5.41, 5.74) is 7.87. The van der Waals surface area contributed by atoms with Crippen molar-refractivity contribution in [2.75, 3.05) is 18.8 Å². The van der Waals surface area contributed by atoms with E-state index in [1.807, 2.05) is 0 Å². The van der Waals surface area contributed by atoms with E-state index in [9.17, 15) is 4.79 Å². The maximum atomic E-state index is 11.6. The fourth-order valence-corrected chi connectivity index (χ4v) is 1.64. The van der Waals surface area contributed by atoms with Gasteiger partial charge in [0.2, 0.25) is 11.5 Å². The van der Waals surface area contributed by atoms with Crippen molar-refractivity contribution in [3.05, 3.63) is 41.1 Å². The second-order valence-corrected chi connectivity index (χ2v) is 4.42. The summed E-state index contributed by atoms with van der Waals surface area (Å²) >= 11 is 0.